The van der Waals surface area contributed by atoms with Crippen LogP contribution in [-0.4, -0.2) is 35.6 Å². The molecule has 0 aliphatic carbocycles. The topological polar surface area (TPSA) is 106 Å². The second-order valence-corrected chi connectivity index (χ2v) is 6.15. The quantitative estimate of drug-likeness (QED) is 0.842. The zero-order valence-electron chi connectivity index (χ0n) is 10.5. The molecule has 108 valence electrons. The summed E-state index contributed by atoms with van der Waals surface area (Å²) in [5.74, 6) is 0.0752. The Morgan fingerprint density at radius 1 is 1.45 bits per heavy atom. The summed E-state index contributed by atoms with van der Waals surface area (Å²) in [6.45, 7) is 0. The SMILES string of the molecule is COc1ccc(NS(=O)(=O)c2c(Br)nnn2C)cc1O. The van der Waals surface area contributed by atoms with Gasteiger partial charge in [-0.15, -0.1) is 5.10 Å². The van der Waals surface area contributed by atoms with Gasteiger partial charge >= 0.3 is 0 Å². The second-order valence-electron chi connectivity index (χ2n) is 3.80. The molecule has 0 saturated heterocycles. The fourth-order valence-corrected chi connectivity index (χ4v) is 3.71. The molecule has 0 spiro atoms. The van der Waals surface area contributed by atoms with Crippen LogP contribution in [0.2, 0.25) is 0 Å². The summed E-state index contributed by atoms with van der Waals surface area (Å²) < 4.78 is 32.9. The van der Waals surface area contributed by atoms with E-state index in [2.05, 4.69) is 31.0 Å². The van der Waals surface area contributed by atoms with Crippen LogP contribution in [0.15, 0.2) is 27.8 Å². The number of methoxy groups -OCH3 is 1. The summed E-state index contributed by atoms with van der Waals surface area (Å²) in [4.78, 5) is 0. The molecule has 0 unspecified atom stereocenters. The Balaban J connectivity index is 2.36. The third-order valence-electron chi connectivity index (χ3n) is 2.42. The number of sulfonamides is 1. The van der Waals surface area contributed by atoms with Crippen molar-refractivity contribution in [3.63, 3.8) is 0 Å². The van der Waals surface area contributed by atoms with E-state index in [4.69, 9.17) is 4.74 Å². The molecule has 2 aromatic rings. The van der Waals surface area contributed by atoms with Crippen molar-refractivity contribution in [1.82, 2.24) is 15.0 Å². The molecule has 20 heavy (non-hydrogen) atoms. The van der Waals surface area contributed by atoms with Gasteiger partial charge in [-0.3, -0.25) is 4.72 Å². The smallest absolute Gasteiger partial charge is 0.281 e. The second kappa shape index (κ2) is 5.29. The van der Waals surface area contributed by atoms with Crippen LogP contribution in [-0.2, 0) is 17.1 Å². The van der Waals surface area contributed by atoms with Crippen molar-refractivity contribution in [2.75, 3.05) is 11.8 Å². The van der Waals surface area contributed by atoms with E-state index in [0.717, 1.165) is 4.68 Å². The molecule has 0 atom stereocenters. The van der Waals surface area contributed by atoms with Crippen molar-refractivity contribution < 1.29 is 18.3 Å². The number of nitrogens with zero attached hydrogens (tertiary/aromatic N) is 3. The van der Waals surface area contributed by atoms with Gasteiger partial charge < -0.3 is 9.84 Å². The molecular weight excluding hydrogens is 352 g/mol. The first-order valence-corrected chi connectivity index (χ1v) is 7.58. The number of phenolic OH excluding ortho intramolecular Hbond substituents is 1. The number of anilines is 1. The van der Waals surface area contributed by atoms with Crippen molar-refractivity contribution in [1.29, 1.82) is 0 Å². The number of ether oxygens (including phenoxy) is 1. The molecule has 8 nitrogen and oxygen atoms in total. The van der Waals surface area contributed by atoms with Crippen molar-refractivity contribution in [2.24, 2.45) is 7.05 Å². The van der Waals surface area contributed by atoms with Gasteiger partial charge in [0.05, 0.1) is 12.8 Å². The average Bonchev–Trinajstić information content (AvgIpc) is 2.69. The van der Waals surface area contributed by atoms with Gasteiger partial charge in [-0.1, -0.05) is 5.21 Å². The zero-order valence-corrected chi connectivity index (χ0v) is 12.9. The molecule has 0 radical (unpaired) electrons. The molecular formula is C10H11BrN4O4S. The van der Waals surface area contributed by atoms with E-state index in [1.54, 1.807) is 0 Å². The first-order chi connectivity index (χ1) is 9.35. The maximum absolute atomic E-state index is 12.2. The number of aromatic hydroxyl groups is 1. The number of hydrogen-bond donors (Lipinski definition) is 2. The lowest BCUT2D eigenvalue weighted by atomic mass is 10.3. The average molecular weight is 363 g/mol. The molecule has 0 amide bonds. The van der Waals surface area contributed by atoms with Crippen LogP contribution in [0.25, 0.3) is 0 Å². The summed E-state index contributed by atoms with van der Waals surface area (Å²) >= 11 is 3.02. The van der Waals surface area contributed by atoms with E-state index in [9.17, 15) is 13.5 Å². The Morgan fingerprint density at radius 3 is 2.65 bits per heavy atom. The lowest BCUT2D eigenvalue weighted by molar-refractivity contribution is 0.373. The number of phenols is 1. The third-order valence-corrected chi connectivity index (χ3v) is 4.69. The first kappa shape index (κ1) is 14.6. The number of hydrogen-bond acceptors (Lipinski definition) is 6. The first-order valence-electron chi connectivity index (χ1n) is 5.30. The zero-order chi connectivity index (χ0) is 14.9. The van der Waals surface area contributed by atoms with E-state index < -0.39 is 10.0 Å². The fourth-order valence-electron chi connectivity index (χ4n) is 1.57. The van der Waals surface area contributed by atoms with E-state index in [1.165, 1.54) is 32.4 Å². The van der Waals surface area contributed by atoms with Crippen LogP contribution in [0, 0.1) is 0 Å². The molecule has 0 fully saturated rings. The van der Waals surface area contributed by atoms with Crippen LogP contribution in [0.3, 0.4) is 0 Å². The Morgan fingerprint density at radius 2 is 2.15 bits per heavy atom. The number of aryl methyl sites for hydroxylation is 1. The molecule has 2 rings (SSSR count). The minimum absolute atomic E-state index is 0.102. The van der Waals surface area contributed by atoms with Gasteiger partial charge in [0.1, 0.15) is 0 Å². The highest BCUT2D eigenvalue weighted by Gasteiger charge is 2.24. The van der Waals surface area contributed by atoms with Crippen LogP contribution < -0.4 is 9.46 Å². The van der Waals surface area contributed by atoms with Crippen LogP contribution >= 0.6 is 15.9 Å². The largest absolute Gasteiger partial charge is 0.504 e. The minimum atomic E-state index is -3.88. The van der Waals surface area contributed by atoms with E-state index in [1.807, 2.05) is 0 Å². The van der Waals surface area contributed by atoms with Crippen molar-refractivity contribution in [3.8, 4) is 11.5 Å². The lowest BCUT2D eigenvalue weighted by Gasteiger charge is -2.09. The van der Waals surface area contributed by atoms with Gasteiger partial charge in [0.15, 0.2) is 16.1 Å². The van der Waals surface area contributed by atoms with Crippen molar-refractivity contribution >= 4 is 31.6 Å². The van der Waals surface area contributed by atoms with Crippen LogP contribution in [0.1, 0.15) is 0 Å². The Kier molecular flexibility index (Phi) is 3.86. The number of rotatable bonds is 4. The van der Waals surface area contributed by atoms with Gasteiger partial charge in [0.2, 0.25) is 5.03 Å². The maximum atomic E-state index is 12.2. The molecule has 1 aromatic heterocycles. The summed E-state index contributed by atoms with van der Waals surface area (Å²) in [7, 11) is -1.02. The number of aromatic nitrogens is 3. The highest BCUT2D eigenvalue weighted by Crippen LogP contribution is 2.30. The summed E-state index contributed by atoms with van der Waals surface area (Å²) in [5, 5.41) is 16.7. The van der Waals surface area contributed by atoms with Gasteiger partial charge in [-0.25, -0.2) is 4.68 Å². The van der Waals surface area contributed by atoms with Crippen molar-refractivity contribution in [2.45, 2.75) is 5.03 Å². The summed E-state index contributed by atoms with van der Waals surface area (Å²) in [6.07, 6.45) is 0. The molecule has 0 aliphatic rings. The molecule has 0 aliphatic heterocycles. The highest BCUT2D eigenvalue weighted by molar-refractivity contribution is 9.10. The monoisotopic (exact) mass is 362 g/mol. The molecule has 2 N–H and O–H groups in total. The molecule has 0 bridgehead atoms. The molecule has 10 heteroatoms. The number of halogens is 1. The lowest BCUT2D eigenvalue weighted by Crippen LogP contribution is -2.17. The minimum Gasteiger partial charge on any atom is -0.504 e. The molecule has 1 heterocycles. The fraction of sp³-hybridized carbons (Fsp3) is 0.200. The third kappa shape index (κ3) is 2.70. The molecule has 0 saturated carbocycles. The Hall–Kier alpha value is -1.81. The van der Waals surface area contributed by atoms with Gasteiger partial charge in [-0.05, 0) is 28.1 Å². The van der Waals surface area contributed by atoms with Gasteiger partial charge in [0, 0.05) is 13.1 Å². The van der Waals surface area contributed by atoms with Crippen LogP contribution in [0.5, 0.6) is 11.5 Å². The predicted octanol–water partition coefficient (Wildman–Crippen LogP) is 1.09. The van der Waals surface area contributed by atoms with Crippen molar-refractivity contribution in [3.05, 3.63) is 22.8 Å². The standard InChI is InChI=1S/C10H11BrN4O4S/c1-15-10(9(11)12-14-15)20(17,18)13-6-3-4-8(19-2)7(16)5-6/h3-5,13,16H,1-2H3. The summed E-state index contributed by atoms with van der Waals surface area (Å²) in [5.41, 5.74) is 0.191. The van der Waals surface area contributed by atoms with Gasteiger partial charge in [-0.2, -0.15) is 8.42 Å². The Labute approximate surface area is 123 Å². The normalized spacial score (nSPS) is 11.3. The highest BCUT2D eigenvalue weighted by atomic mass is 79.9. The van der Waals surface area contributed by atoms with Gasteiger partial charge in [0.25, 0.3) is 10.0 Å². The maximum Gasteiger partial charge on any atom is 0.281 e. The number of benzene rings is 1. The molecule has 1 aromatic carbocycles. The van der Waals surface area contributed by atoms with Crippen LogP contribution in [0.4, 0.5) is 5.69 Å². The van der Waals surface area contributed by atoms with E-state index in [0.29, 0.717) is 0 Å². The Bertz CT molecular complexity index is 724. The number of nitrogens with one attached hydrogen (secondary N) is 1. The van der Waals surface area contributed by atoms with E-state index in [-0.39, 0.29) is 26.8 Å². The summed E-state index contributed by atoms with van der Waals surface area (Å²) in [6, 6.07) is 4.16. The predicted molar refractivity (Wildman–Crippen MR) is 74.2 cm³/mol. The van der Waals surface area contributed by atoms with E-state index >= 15 is 0 Å².